The summed E-state index contributed by atoms with van der Waals surface area (Å²) < 4.78 is 34.3. The van der Waals surface area contributed by atoms with Crippen LogP contribution in [0.3, 0.4) is 0 Å². The fourth-order valence-corrected chi connectivity index (χ4v) is 7.24. The zero-order valence-electron chi connectivity index (χ0n) is 25.5. The number of sulfonamides is 1. The minimum absolute atomic E-state index is 0.0644. The zero-order valence-corrected chi connectivity index (χ0v) is 28.7. The number of hydrogen-bond donors (Lipinski definition) is 1. The number of isocyanates is 1. The fraction of sp³-hybridized carbons (Fsp3) is 0.312. The SMILES string of the molecule is CC1(C)CC(c2ccc(Cl)cc2)=C(CN2CCN(c3ccc(C(=O)NS(=O)(=O)c4ccc(N=C=O)c([N+](=O)[O-])c4)c(Br)c3)CC2)CO1. The molecule has 0 atom stereocenters. The van der Waals surface area contributed by atoms with Gasteiger partial charge < -0.3 is 9.64 Å². The molecule has 1 saturated heterocycles. The molecule has 1 N–H and O–H groups in total. The van der Waals surface area contributed by atoms with Gasteiger partial charge in [-0.15, -0.1) is 0 Å². The van der Waals surface area contributed by atoms with Gasteiger partial charge in [0.15, 0.2) is 5.69 Å². The number of halogens is 2. The van der Waals surface area contributed by atoms with E-state index in [1.165, 1.54) is 23.3 Å². The number of nitrogens with zero attached hydrogens (tertiary/aromatic N) is 4. The third-order valence-corrected chi connectivity index (χ3v) is 10.3. The van der Waals surface area contributed by atoms with Gasteiger partial charge in [0.05, 0.1) is 27.6 Å². The molecule has 2 heterocycles. The summed E-state index contributed by atoms with van der Waals surface area (Å²) in [6.45, 7) is 8.65. The van der Waals surface area contributed by atoms with Crippen LogP contribution in [0.15, 0.2) is 80.6 Å². The van der Waals surface area contributed by atoms with Crippen molar-refractivity contribution in [2.45, 2.75) is 30.8 Å². The number of carbonyl (C=O) groups excluding carboxylic acids is 2. The molecule has 0 spiro atoms. The number of benzene rings is 3. The topological polar surface area (TPSA) is 152 Å². The van der Waals surface area contributed by atoms with Crippen LogP contribution >= 0.6 is 27.5 Å². The molecule has 2 aliphatic rings. The van der Waals surface area contributed by atoms with Crippen molar-refractivity contribution in [3.05, 3.63) is 97.0 Å². The highest BCUT2D eigenvalue weighted by Gasteiger charge is 2.30. The predicted molar refractivity (Wildman–Crippen MR) is 181 cm³/mol. The molecule has 0 bridgehead atoms. The third-order valence-electron chi connectivity index (χ3n) is 8.06. The van der Waals surface area contributed by atoms with Gasteiger partial charge in [0, 0.05) is 60.4 Å². The number of piperazine rings is 1. The highest BCUT2D eigenvalue weighted by Crippen LogP contribution is 2.36. The highest BCUT2D eigenvalue weighted by molar-refractivity contribution is 9.10. The van der Waals surface area contributed by atoms with Crippen LogP contribution in [0.1, 0.15) is 36.2 Å². The molecular weight excluding hydrogens is 714 g/mol. The Kier molecular flexibility index (Phi) is 10.3. The van der Waals surface area contributed by atoms with Gasteiger partial charge in [-0.3, -0.25) is 19.8 Å². The van der Waals surface area contributed by atoms with E-state index in [-0.39, 0.29) is 16.9 Å². The van der Waals surface area contributed by atoms with E-state index >= 15 is 0 Å². The maximum Gasteiger partial charge on any atom is 0.297 e. The Bertz CT molecular complexity index is 1900. The van der Waals surface area contributed by atoms with E-state index in [9.17, 15) is 28.1 Å². The number of aliphatic imine (C=N–C) groups is 1. The molecule has 2 aliphatic heterocycles. The largest absolute Gasteiger partial charge is 0.371 e. The van der Waals surface area contributed by atoms with E-state index in [2.05, 4.69) is 56.7 Å². The van der Waals surface area contributed by atoms with Gasteiger partial charge >= 0.3 is 0 Å². The van der Waals surface area contributed by atoms with Gasteiger partial charge in [0.25, 0.3) is 21.6 Å². The van der Waals surface area contributed by atoms with Crippen molar-refractivity contribution >= 4 is 72.2 Å². The van der Waals surface area contributed by atoms with Crippen LogP contribution in [0, 0.1) is 10.1 Å². The lowest BCUT2D eigenvalue weighted by Crippen LogP contribution is -2.47. The molecule has 12 nitrogen and oxygen atoms in total. The van der Waals surface area contributed by atoms with E-state index in [4.69, 9.17) is 16.3 Å². The molecule has 0 saturated carbocycles. The summed E-state index contributed by atoms with van der Waals surface area (Å²) in [6, 6.07) is 15.7. The normalized spacial score (nSPS) is 16.8. The predicted octanol–water partition coefficient (Wildman–Crippen LogP) is 5.87. The number of nitrogens with one attached hydrogen (secondary N) is 1. The number of nitro benzene ring substituents is 1. The van der Waals surface area contributed by atoms with Crippen molar-refractivity contribution in [3.8, 4) is 0 Å². The van der Waals surface area contributed by atoms with E-state index in [0.29, 0.717) is 16.1 Å². The summed E-state index contributed by atoms with van der Waals surface area (Å²) in [6.07, 6.45) is 1.99. The first kappa shape index (κ1) is 34.4. The highest BCUT2D eigenvalue weighted by atomic mass is 79.9. The van der Waals surface area contributed by atoms with Crippen LogP contribution in [-0.2, 0) is 19.6 Å². The lowest BCUT2D eigenvalue weighted by atomic mass is 9.87. The van der Waals surface area contributed by atoms with Gasteiger partial charge in [0.1, 0.15) is 0 Å². The van der Waals surface area contributed by atoms with E-state index in [1.807, 2.05) is 16.9 Å². The molecule has 1 amide bonds. The Hall–Kier alpha value is -3.91. The van der Waals surface area contributed by atoms with Crippen molar-refractivity contribution < 1.29 is 27.7 Å². The monoisotopic (exact) mass is 743 g/mol. The maximum absolute atomic E-state index is 13.0. The van der Waals surface area contributed by atoms with Gasteiger partial charge in [0.2, 0.25) is 6.08 Å². The van der Waals surface area contributed by atoms with Crippen molar-refractivity contribution in [2.75, 3.05) is 44.2 Å². The second-order valence-corrected chi connectivity index (χ2v) is 14.8. The Morgan fingerprint density at radius 2 is 1.81 bits per heavy atom. The number of hydrogen-bond acceptors (Lipinski definition) is 10. The Morgan fingerprint density at radius 1 is 1.11 bits per heavy atom. The zero-order chi connectivity index (χ0) is 33.9. The molecule has 0 aromatic heterocycles. The smallest absolute Gasteiger partial charge is 0.297 e. The van der Waals surface area contributed by atoms with E-state index in [0.717, 1.165) is 68.6 Å². The van der Waals surface area contributed by atoms with Gasteiger partial charge in [-0.25, -0.2) is 17.9 Å². The molecule has 0 radical (unpaired) electrons. The standard InChI is InChI=1S/C32H31BrClN5O7S/c1-32(2)17-27(21-3-5-23(34)6-4-21)22(19-46-32)18-37-11-13-38(14-12-37)24-7-9-26(28(33)15-24)31(41)36-47(44,45)25-8-10-29(35-20-40)30(16-25)39(42)43/h3-10,15-16H,11-14,17-19H2,1-2H3,(H,36,41). The first-order valence-electron chi connectivity index (χ1n) is 14.6. The summed E-state index contributed by atoms with van der Waals surface area (Å²) in [5, 5.41) is 12.0. The van der Waals surface area contributed by atoms with Crippen LogP contribution in [0.2, 0.25) is 5.02 Å². The number of rotatable bonds is 9. The summed E-state index contributed by atoms with van der Waals surface area (Å²) >= 11 is 9.54. The Labute approximate surface area is 285 Å². The molecule has 15 heteroatoms. The van der Waals surface area contributed by atoms with Crippen LogP contribution < -0.4 is 9.62 Å². The van der Waals surface area contributed by atoms with Gasteiger partial charge in [-0.1, -0.05) is 23.7 Å². The van der Waals surface area contributed by atoms with Crippen LogP contribution in [0.25, 0.3) is 5.57 Å². The quantitative estimate of drug-likeness (QED) is 0.123. The molecule has 3 aromatic rings. The van der Waals surface area contributed by atoms with Crippen LogP contribution in [0.4, 0.5) is 17.1 Å². The molecular formula is C32H31BrClN5O7S. The molecule has 3 aromatic carbocycles. The van der Waals surface area contributed by atoms with Gasteiger partial charge in [-0.2, -0.15) is 4.99 Å². The molecule has 0 unspecified atom stereocenters. The third kappa shape index (κ3) is 8.15. The van der Waals surface area contributed by atoms with E-state index < -0.39 is 31.4 Å². The maximum atomic E-state index is 13.0. The molecule has 246 valence electrons. The van der Waals surface area contributed by atoms with Crippen molar-refractivity contribution in [2.24, 2.45) is 4.99 Å². The average Bonchev–Trinajstić information content (AvgIpc) is 3.02. The second kappa shape index (κ2) is 14.1. The van der Waals surface area contributed by atoms with E-state index in [1.54, 1.807) is 12.1 Å². The molecule has 1 fully saturated rings. The minimum Gasteiger partial charge on any atom is -0.371 e. The molecule has 5 rings (SSSR count). The fourth-order valence-electron chi connectivity index (χ4n) is 5.58. The van der Waals surface area contributed by atoms with Crippen LogP contribution in [-0.4, -0.2) is 75.2 Å². The number of ether oxygens (including phenoxy) is 1. The van der Waals surface area contributed by atoms with Gasteiger partial charge in [-0.05, 0) is 89.0 Å². The number of amides is 1. The summed E-state index contributed by atoms with van der Waals surface area (Å²) in [4.78, 5) is 41.3. The second-order valence-electron chi connectivity index (χ2n) is 11.8. The molecule has 47 heavy (non-hydrogen) atoms. The lowest BCUT2D eigenvalue weighted by molar-refractivity contribution is -0.384. The number of carbonyl (C=O) groups is 1. The van der Waals surface area contributed by atoms with Crippen molar-refractivity contribution in [1.29, 1.82) is 0 Å². The average molecular weight is 745 g/mol. The lowest BCUT2D eigenvalue weighted by Gasteiger charge is -2.39. The summed E-state index contributed by atoms with van der Waals surface area (Å²) in [5.41, 5.74) is 3.30. The number of anilines is 1. The van der Waals surface area contributed by atoms with Crippen molar-refractivity contribution in [1.82, 2.24) is 9.62 Å². The number of nitro groups is 1. The summed E-state index contributed by atoms with van der Waals surface area (Å²) in [5.74, 6) is -0.923. The van der Waals surface area contributed by atoms with Crippen LogP contribution in [0.5, 0.6) is 0 Å². The first-order valence-corrected chi connectivity index (χ1v) is 17.2. The van der Waals surface area contributed by atoms with Crippen molar-refractivity contribution in [3.63, 3.8) is 0 Å². The first-order chi connectivity index (χ1) is 22.3. The Balaban J connectivity index is 1.24. The molecule has 0 aliphatic carbocycles. The minimum atomic E-state index is -4.49. The Morgan fingerprint density at radius 3 is 2.45 bits per heavy atom. The summed E-state index contributed by atoms with van der Waals surface area (Å²) in [7, 11) is -4.49.